The highest BCUT2D eigenvalue weighted by atomic mass is 79.9. The number of nitrogens with one attached hydrogen (secondary N) is 1. The van der Waals surface area contributed by atoms with Crippen molar-refractivity contribution in [3.63, 3.8) is 0 Å². The molecule has 1 N–H and O–H groups in total. The molecule has 1 aliphatic rings. The molecule has 0 amide bonds. The molecule has 0 spiro atoms. The Kier molecular flexibility index (Phi) is 1.39. The molecule has 1 aliphatic heterocycles. The van der Waals surface area contributed by atoms with Crippen molar-refractivity contribution in [1.29, 1.82) is 0 Å². The minimum atomic E-state index is 1.53. The van der Waals surface area contributed by atoms with Crippen LogP contribution in [0.1, 0.15) is 0 Å². The Morgan fingerprint density at radius 1 is 1.83 bits per heavy atom. The lowest BCUT2D eigenvalue weighted by Crippen LogP contribution is -2.09. The van der Waals surface area contributed by atoms with Crippen molar-refractivity contribution in [3.05, 3.63) is 11.6 Å². The van der Waals surface area contributed by atoms with Crippen molar-refractivity contribution >= 4 is 28.1 Å². The average Bonchev–Trinajstić information content (AvgIpc) is 1.86. The van der Waals surface area contributed by atoms with Crippen LogP contribution in [0.3, 0.4) is 0 Å². The molecule has 0 bridgehead atoms. The van der Waals surface area contributed by atoms with E-state index < -0.39 is 0 Å². The Hall–Kier alpha value is 0.330. The number of hydrazine groups is 1. The maximum Gasteiger partial charge on any atom is 0.0674 e. The number of nitrogens with zero attached hydrogens (tertiary/aromatic N) is 1. The quantitative estimate of drug-likeness (QED) is 0.431. The average molecular weight is 167 g/mol. The maximum atomic E-state index is 3.15. The van der Waals surface area contributed by atoms with Gasteiger partial charge in [0.05, 0.1) is 16.1 Å². The molecule has 1 heterocycles. The molecule has 0 saturated heterocycles. The van der Waals surface area contributed by atoms with Crippen LogP contribution in [0, 0.1) is 0 Å². The van der Waals surface area contributed by atoms with Gasteiger partial charge in [0.2, 0.25) is 0 Å². The second-order valence-electron chi connectivity index (χ2n) is 0.805. The standard InChI is InChI=1S/C2H3BrN2S/c3-5-1-2-6-4-5/h1-2,4H. The van der Waals surface area contributed by atoms with Crippen LogP contribution in [-0.4, -0.2) is 4.03 Å². The lowest BCUT2D eigenvalue weighted by Gasteiger charge is -1.98. The van der Waals surface area contributed by atoms with Gasteiger partial charge in [-0.1, -0.05) is 0 Å². The molecule has 0 aliphatic carbocycles. The van der Waals surface area contributed by atoms with Gasteiger partial charge >= 0.3 is 0 Å². The molecule has 1 rings (SSSR count). The molecule has 0 saturated carbocycles. The summed E-state index contributed by atoms with van der Waals surface area (Å²) >= 11 is 4.68. The summed E-state index contributed by atoms with van der Waals surface area (Å²) in [6.07, 6.45) is 1.88. The van der Waals surface area contributed by atoms with Crippen LogP contribution < -0.4 is 4.83 Å². The van der Waals surface area contributed by atoms with Crippen LogP contribution in [0.2, 0.25) is 0 Å². The SMILES string of the molecule is BrN1C=CSN1. The minimum Gasteiger partial charge on any atom is -0.239 e. The number of rotatable bonds is 0. The lowest BCUT2D eigenvalue weighted by atomic mass is 11.1. The third kappa shape index (κ3) is 0.894. The monoisotopic (exact) mass is 166 g/mol. The van der Waals surface area contributed by atoms with Gasteiger partial charge in [0.1, 0.15) is 0 Å². The van der Waals surface area contributed by atoms with Gasteiger partial charge in [-0.25, -0.2) is 4.03 Å². The van der Waals surface area contributed by atoms with Crippen molar-refractivity contribution in [2.24, 2.45) is 0 Å². The Labute approximate surface area is 49.0 Å². The van der Waals surface area contributed by atoms with Gasteiger partial charge in [0, 0.05) is 11.6 Å². The molecule has 34 valence electrons. The van der Waals surface area contributed by atoms with E-state index in [-0.39, 0.29) is 0 Å². The highest BCUT2D eigenvalue weighted by molar-refractivity contribution is 9.07. The fourth-order valence-electron chi connectivity index (χ4n) is 0.195. The summed E-state index contributed by atoms with van der Waals surface area (Å²) in [7, 11) is 0. The van der Waals surface area contributed by atoms with Gasteiger partial charge < -0.3 is 0 Å². The molecule has 0 atom stereocenters. The van der Waals surface area contributed by atoms with E-state index in [4.69, 9.17) is 0 Å². The zero-order chi connectivity index (χ0) is 4.41. The first kappa shape index (κ1) is 4.49. The summed E-state index contributed by atoms with van der Waals surface area (Å²) in [6.45, 7) is 0. The van der Waals surface area contributed by atoms with Crippen molar-refractivity contribution in [3.8, 4) is 0 Å². The predicted octanol–water partition coefficient (Wildman–Crippen LogP) is 1.24. The van der Waals surface area contributed by atoms with Gasteiger partial charge in [-0.15, -0.1) is 0 Å². The zero-order valence-corrected chi connectivity index (χ0v) is 5.29. The lowest BCUT2D eigenvalue weighted by molar-refractivity contribution is 0.642. The molecule has 6 heavy (non-hydrogen) atoms. The van der Waals surface area contributed by atoms with Gasteiger partial charge in [0.25, 0.3) is 0 Å². The van der Waals surface area contributed by atoms with E-state index in [1.165, 1.54) is 11.9 Å². The summed E-state index contributed by atoms with van der Waals surface area (Å²) in [4.78, 5) is 2.88. The summed E-state index contributed by atoms with van der Waals surface area (Å²) in [5.74, 6) is 0. The summed E-state index contributed by atoms with van der Waals surface area (Å²) in [5, 5.41) is 1.94. The van der Waals surface area contributed by atoms with E-state index in [1.54, 1.807) is 4.03 Å². The second-order valence-corrected chi connectivity index (χ2v) is 2.26. The third-order valence-electron chi connectivity index (χ3n) is 0.400. The molecule has 2 nitrogen and oxygen atoms in total. The number of halogens is 1. The first-order valence-electron chi connectivity index (χ1n) is 1.42. The number of hydrogen-bond donors (Lipinski definition) is 1. The topological polar surface area (TPSA) is 15.3 Å². The summed E-state index contributed by atoms with van der Waals surface area (Å²) < 4.78 is 1.71. The van der Waals surface area contributed by atoms with Crippen molar-refractivity contribution in [1.82, 2.24) is 8.87 Å². The highest BCUT2D eigenvalue weighted by Gasteiger charge is 1.94. The van der Waals surface area contributed by atoms with Crippen LogP contribution in [0.25, 0.3) is 0 Å². The van der Waals surface area contributed by atoms with Gasteiger partial charge in [-0.05, 0) is 11.9 Å². The summed E-state index contributed by atoms with van der Waals surface area (Å²) in [5.41, 5.74) is 0. The Morgan fingerprint density at radius 3 is 2.83 bits per heavy atom. The first-order chi connectivity index (χ1) is 2.89. The zero-order valence-electron chi connectivity index (χ0n) is 2.89. The van der Waals surface area contributed by atoms with Crippen LogP contribution in [0.15, 0.2) is 11.6 Å². The summed E-state index contributed by atoms with van der Waals surface area (Å²) in [6, 6.07) is 0. The largest absolute Gasteiger partial charge is 0.239 e. The smallest absolute Gasteiger partial charge is 0.0674 e. The molecule has 4 heteroatoms. The molecule has 0 unspecified atom stereocenters. The van der Waals surface area contributed by atoms with Crippen LogP contribution in [0.5, 0.6) is 0 Å². The van der Waals surface area contributed by atoms with Crippen molar-refractivity contribution < 1.29 is 0 Å². The molecule has 0 radical (unpaired) electrons. The van der Waals surface area contributed by atoms with Crippen molar-refractivity contribution in [2.45, 2.75) is 0 Å². The van der Waals surface area contributed by atoms with E-state index in [1.807, 2.05) is 11.6 Å². The Morgan fingerprint density at radius 2 is 2.67 bits per heavy atom. The third-order valence-corrected chi connectivity index (χ3v) is 1.61. The second kappa shape index (κ2) is 1.86. The van der Waals surface area contributed by atoms with Crippen LogP contribution in [-0.2, 0) is 0 Å². The predicted molar refractivity (Wildman–Crippen MR) is 30.6 cm³/mol. The molecule has 0 aromatic rings. The maximum absolute atomic E-state index is 3.15. The Bertz CT molecular complexity index is 73.9. The van der Waals surface area contributed by atoms with Crippen molar-refractivity contribution in [2.75, 3.05) is 0 Å². The molecule has 0 aromatic heterocycles. The fourth-order valence-corrected chi connectivity index (χ4v) is 1.13. The molecule has 0 aromatic carbocycles. The molecule has 0 fully saturated rings. The van der Waals surface area contributed by atoms with Crippen LogP contribution >= 0.6 is 28.1 Å². The highest BCUT2D eigenvalue weighted by Crippen LogP contribution is 2.10. The number of hydrogen-bond acceptors (Lipinski definition) is 3. The van der Waals surface area contributed by atoms with E-state index >= 15 is 0 Å². The molecular formula is C2H3BrN2S. The van der Waals surface area contributed by atoms with E-state index in [2.05, 4.69) is 21.0 Å². The molecular weight excluding hydrogens is 164 g/mol. The van der Waals surface area contributed by atoms with E-state index in [0.29, 0.717) is 0 Å². The first-order valence-corrected chi connectivity index (χ1v) is 3.01. The minimum absolute atomic E-state index is 1.53. The fraction of sp³-hybridized carbons (Fsp3) is 0. The van der Waals surface area contributed by atoms with E-state index in [9.17, 15) is 0 Å². The van der Waals surface area contributed by atoms with Gasteiger partial charge in [-0.3, -0.25) is 0 Å². The Balaban J connectivity index is 2.38. The van der Waals surface area contributed by atoms with Gasteiger partial charge in [-0.2, -0.15) is 4.83 Å². The van der Waals surface area contributed by atoms with Gasteiger partial charge in [0.15, 0.2) is 0 Å². The normalized spacial score (nSPS) is 19.8. The van der Waals surface area contributed by atoms with E-state index in [0.717, 1.165) is 0 Å². The van der Waals surface area contributed by atoms with Crippen LogP contribution in [0.4, 0.5) is 0 Å².